The number of nitrogens with two attached hydrogens (primary N) is 2. The van der Waals surface area contributed by atoms with Crippen LogP contribution in [0.5, 0.6) is 0 Å². The van der Waals surface area contributed by atoms with Crippen molar-refractivity contribution in [2.45, 2.75) is 6.92 Å². The molecule has 4 heteroatoms. The molecule has 1 heterocycles. The Morgan fingerprint density at radius 3 is 2.31 bits per heavy atom. The molecule has 16 heavy (non-hydrogen) atoms. The maximum Gasteiger partial charge on any atom is 0.203 e. The predicted molar refractivity (Wildman–Crippen MR) is 67.8 cm³/mol. The fourth-order valence-corrected chi connectivity index (χ4v) is 2.43. The van der Waals surface area contributed by atoms with Crippen LogP contribution in [0.15, 0.2) is 29.6 Å². The van der Waals surface area contributed by atoms with Crippen LogP contribution in [0.4, 0.5) is 11.4 Å². The van der Waals surface area contributed by atoms with Gasteiger partial charge in [0, 0.05) is 16.9 Å². The summed E-state index contributed by atoms with van der Waals surface area (Å²) in [5.74, 6) is -0.0218. The smallest absolute Gasteiger partial charge is 0.203 e. The number of carbonyl (C=O) groups excluding carboxylic acids is 1. The van der Waals surface area contributed by atoms with Gasteiger partial charge < -0.3 is 11.5 Å². The van der Waals surface area contributed by atoms with Gasteiger partial charge in [0.15, 0.2) is 0 Å². The van der Waals surface area contributed by atoms with E-state index in [1.54, 1.807) is 18.2 Å². The van der Waals surface area contributed by atoms with Crippen molar-refractivity contribution in [3.63, 3.8) is 0 Å². The monoisotopic (exact) mass is 232 g/mol. The molecule has 82 valence electrons. The van der Waals surface area contributed by atoms with E-state index >= 15 is 0 Å². The number of anilines is 2. The van der Waals surface area contributed by atoms with Crippen molar-refractivity contribution in [2.24, 2.45) is 0 Å². The number of benzene rings is 1. The number of aryl methyl sites for hydroxylation is 1. The molecule has 0 saturated heterocycles. The third-order valence-corrected chi connectivity index (χ3v) is 3.32. The molecule has 2 aromatic rings. The number of thiophene rings is 1. The normalized spacial score (nSPS) is 10.3. The number of carbonyl (C=O) groups is 1. The average Bonchev–Trinajstić information content (AvgIpc) is 2.62. The van der Waals surface area contributed by atoms with Gasteiger partial charge in [0.05, 0.1) is 4.88 Å². The lowest BCUT2D eigenvalue weighted by molar-refractivity contribution is 0.104. The van der Waals surface area contributed by atoms with Crippen molar-refractivity contribution in [1.29, 1.82) is 0 Å². The second kappa shape index (κ2) is 3.98. The van der Waals surface area contributed by atoms with Gasteiger partial charge in [-0.3, -0.25) is 4.79 Å². The molecule has 0 radical (unpaired) electrons. The highest BCUT2D eigenvalue weighted by molar-refractivity contribution is 7.12. The molecule has 1 aromatic carbocycles. The average molecular weight is 232 g/mol. The largest absolute Gasteiger partial charge is 0.399 e. The zero-order valence-corrected chi connectivity index (χ0v) is 9.67. The molecule has 0 atom stereocenters. The van der Waals surface area contributed by atoms with Crippen LogP contribution in [0.2, 0.25) is 0 Å². The van der Waals surface area contributed by atoms with Crippen molar-refractivity contribution in [3.8, 4) is 0 Å². The third-order valence-electron chi connectivity index (χ3n) is 2.31. The van der Waals surface area contributed by atoms with E-state index in [-0.39, 0.29) is 5.78 Å². The lowest BCUT2D eigenvalue weighted by Gasteiger charge is -2.03. The van der Waals surface area contributed by atoms with Crippen molar-refractivity contribution in [1.82, 2.24) is 0 Å². The molecule has 1 aromatic heterocycles. The van der Waals surface area contributed by atoms with E-state index in [1.807, 2.05) is 18.4 Å². The molecule has 0 saturated carbocycles. The molecule has 4 N–H and O–H groups in total. The van der Waals surface area contributed by atoms with Gasteiger partial charge in [-0.05, 0) is 42.1 Å². The second-order valence-electron chi connectivity index (χ2n) is 3.65. The highest BCUT2D eigenvalue weighted by Crippen LogP contribution is 2.22. The zero-order chi connectivity index (χ0) is 11.7. The van der Waals surface area contributed by atoms with Gasteiger partial charge in [-0.25, -0.2) is 0 Å². The van der Waals surface area contributed by atoms with E-state index in [0.29, 0.717) is 16.9 Å². The Hall–Kier alpha value is -1.81. The fourth-order valence-electron chi connectivity index (χ4n) is 1.54. The van der Waals surface area contributed by atoms with Crippen LogP contribution in [0, 0.1) is 6.92 Å². The molecule has 0 aliphatic carbocycles. The van der Waals surface area contributed by atoms with Crippen LogP contribution in [0.1, 0.15) is 20.8 Å². The summed E-state index contributed by atoms with van der Waals surface area (Å²) >= 11 is 1.43. The van der Waals surface area contributed by atoms with Gasteiger partial charge >= 0.3 is 0 Å². The molecular weight excluding hydrogens is 220 g/mol. The summed E-state index contributed by atoms with van der Waals surface area (Å²) in [7, 11) is 0. The van der Waals surface area contributed by atoms with Crippen LogP contribution in [-0.4, -0.2) is 5.78 Å². The van der Waals surface area contributed by atoms with Crippen molar-refractivity contribution in [3.05, 3.63) is 45.6 Å². The van der Waals surface area contributed by atoms with Gasteiger partial charge in [0.1, 0.15) is 0 Å². The first-order valence-corrected chi connectivity index (χ1v) is 5.71. The quantitative estimate of drug-likeness (QED) is 0.617. The van der Waals surface area contributed by atoms with Crippen molar-refractivity contribution < 1.29 is 4.79 Å². The molecule has 0 spiro atoms. The van der Waals surface area contributed by atoms with Crippen molar-refractivity contribution in [2.75, 3.05) is 11.5 Å². The van der Waals surface area contributed by atoms with Gasteiger partial charge in [-0.2, -0.15) is 0 Å². The number of nitrogen functional groups attached to an aromatic ring is 2. The van der Waals surface area contributed by atoms with Crippen LogP contribution < -0.4 is 11.5 Å². The van der Waals surface area contributed by atoms with E-state index in [2.05, 4.69) is 0 Å². The second-order valence-corrected chi connectivity index (χ2v) is 4.57. The number of hydrogen-bond donors (Lipinski definition) is 2. The highest BCUT2D eigenvalue weighted by atomic mass is 32.1. The molecule has 0 aliphatic rings. The molecule has 2 rings (SSSR count). The fraction of sp³-hybridized carbons (Fsp3) is 0.0833. The van der Waals surface area contributed by atoms with E-state index < -0.39 is 0 Å². The first-order valence-electron chi connectivity index (χ1n) is 4.83. The minimum atomic E-state index is -0.0218. The topological polar surface area (TPSA) is 69.1 Å². The zero-order valence-electron chi connectivity index (χ0n) is 8.86. The Labute approximate surface area is 97.7 Å². The standard InChI is InChI=1S/C12H12N2OS/c1-7-2-3-16-12(7)11(15)8-4-9(13)6-10(14)5-8/h2-6H,13-14H2,1H3. The molecular formula is C12H12N2OS. The Bertz CT molecular complexity index is 525. The lowest BCUT2D eigenvalue weighted by atomic mass is 10.1. The summed E-state index contributed by atoms with van der Waals surface area (Å²) in [6.07, 6.45) is 0. The maximum absolute atomic E-state index is 12.1. The minimum absolute atomic E-state index is 0.0218. The molecule has 3 nitrogen and oxygen atoms in total. The maximum atomic E-state index is 12.1. The Morgan fingerprint density at radius 2 is 1.81 bits per heavy atom. The van der Waals surface area contributed by atoms with Gasteiger partial charge in [0.25, 0.3) is 0 Å². The Kier molecular flexibility index (Phi) is 2.66. The SMILES string of the molecule is Cc1ccsc1C(=O)c1cc(N)cc(N)c1. The minimum Gasteiger partial charge on any atom is -0.399 e. The lowest BCUT2D eigenvalue weighted by Crippen LogP contribution is -2.03. The van der Waals surface area contributed by atoms with Gasteiger partial charge in [-0.1, -0.05) is 0 Å². The summed E-state index contributed by atoms with van der Waals surface area (Å²) in [6.45, 7) is 1.92. The first kappa shape index (κ1) is 10.7. The van der Waals surface area contributed by atoms with Crippen LogP contribution in [0.3, 0.4) is 0 Å². The molecule has 0 bridgehead atoms. The van der Waals surface area contributed by atoms with Crippen LogP contribution in [-0.2, 0) is 0 Å². The molecule has 0 aliphatic heterocycles. The number of ketones is 1. The van der Waals surface area contributed by atoms with Crippen LogP contribution >= 0.6 is 11.3 Å². The van der Waals surface area contributed by atoms with E-state index in [0.717, 1.165) is 10.4 Å². The highest BCUT2D eigenvalue weighted by Gasteiger charge is 2.13. The summed E-state index contributed by atoms with van der Waals surface area (Å²) in [5, 5.41) is 1.90. The molecule has 0 fully saturated rings. The molecule has 0 amide bonds. The summed E-state index contributed by atoms with van der Waals surface area (Å²) in [6, 6.07) is 6.86. The Balaban J connectivity index is 2.45. The summed E-state index contributed by atoms with van der Waals surface area (Å²) < 4.78 is 0. The van der Waals surface area contributed by atoms with Crippen LogP contribution in [0.25, 0.3) is 0 Å². The van der Waals surface area contributed by atoms with E-state index in [4.69, 9.17) is 11.5 Å². The van der Waals surface area contributed by atoms with Gasteiger partial charge in [0.2, 0.25) is 5.78 Å². The molecule has 0 unspecified atom stereocenters. The predicted octanol–water partition coefficient (Wildman–Crippen LogP) is 2.45. The van der Waals surface area contributed by atoms with E-state index in [9.17, 15) is 4.79 Å². The van der Waals surface area contributed by atoms with Gasteiger partial charge in [-0.15, -0.1) is 11.3 Å². The van der Waals surface area contributed by atoms with Crippen molar-refractivity contribution >= 4 is 28.5 Å². The van der Waals surface area contributed by atoms with E-state index in [1.165, 1.54) is 11.3 Å². The summed E-state index contributed by atoms with van der Waals surface area (Å²) in [5.41, 5.74) is 13.9. The first-order chi connectivity index (χ1) is 7.58. The Morgan fingerprint density at radius 1 is 1.19 bits per heavy atom. The number of rotatable bonds is 2. The third kappa shape index (κ3) is 1.92. The number of hydrogen-bond acceptors (Lipinski definition) is 4. The summed E-state index contributed by atoms with van der Waals surface area (Å²) in [4.78, 5) is 12.9.